The molecule has 1 aromatic carbocycles. The van der Waals surface area contributed by atoms with Crippen LogP contribution in [0.4, 0.5) is 23.7 Å². The molecule has 1 unspecified atom stereocenters. The summed E-state index contributed by atoms with van der Waals surface area (Å²) in [6.07, 6.45) is -4.28. The number of carbonyl (C=O) groups excluding carboxylic acids is 1. The van der Waals surface area contributed by atoms with Crippen LogP contribution in [0.1, 0.15) is 25.8 Å². The minimum atomic E-state index is -4.56. The number of carbonyl (C=O) groups is 2. The number of rotatable bonds is 4. The highest BCUT2D eigenvalue weighted by molar-refractivity contribution is 5.92. The van der Waals surface area contributed by atoms with Crippen LogP contribution in [0.25, 0.3) is 0 Å². The van der Waals surface area contributed by atoms with Crippen LogP contribution in [0, 0.1) is 5.41 Å². The van der Waals surface area contributed by atoms with E-state index in [0.29, 0.717) is 0 Å². The summed E-state index contributed by atoms with van der Waals surface area (Å²) in [6.45, 7) is 3.60. The zero-order chi connectivity index (χ0) is 18.8. The Morgan fingerprint density at radius 1 is 1.40 bits per heavy atom. The molecule has 1 saturated heterocycles. The zero-order valence-corrected chi connectivity index (χ0v) is 13.8. The molecule has 0 aliphatic carbocycles. The van der Waals surface area contributed by atoms with Crippen molar-refractivity contribution in [1.29, 1.82) is 0 Å². The van der Waals surface area contributed by atoms with Crippen LogP contribution in [0.3, 0.4) is 0 Å². The van der Waals surface area contributed by atoms with Crippen molar-refractivity contribution in [3.8, 4) is 5.75 Å². The second-order valence-electron chi connectivity index (χ2n) is 6.11. The number of urea groups is 1. The van der Waals surface area contributed by atoms with Crippen LogP contribution in [-0.2, 0) is 11.0 Å². The summed E-state index contributed by atoms with van der Waals surface area (Å²) in [5.41, 5.74) is -2.08. The Bertz CT molecular complexity index is 678. The molecule has 1 aliphatic heterocycles. The van der Waals surface area contributed by atoms with E-state index in [1.54, 1.807) is 6.92 Å². The van der Waals surface area contributed by atoms with Crippen molar-refractivity contribution in [2.75, 3.05) is 25.0 Å². The third-order valence-corrected chi connectivity index (χ3v) is 4.13. The first-order valence-corrected chi connectivity index (χ1v) is 7.70. The SMILES string of the molecule is CCOc1ccc(C(F)(F)F)cc1NC(=O)N1CCC(C)(C(=O)O)C1. The van der Waals surface area contributed by atoms with Crippen LogP contribution in [0.5, 0.6) is 5.75 Å². The van der Waals surface area contributed by atoms with Gasteiger partial charge < -0.3 is 20.1 Å². The van der Waals surface area contributed by atoms with E-state index in [-0.39, 0.29) is 37.6 Å². The molecule has 0 bridgehead atoms. The topological polar surface area (TPSA) is 78.9 Å². The molecule has 0 saturated carbocycles. The number of benzene rings is 1. The molecule has 1 heterocycles. The summed E-state index contributed by atoms with van der Waals surface area (Å²) in [5.74, 6) is -0.902. The van der Waals surface area contributed by atoms with Crippen LogP contribution >= 0.6 is 0 Å². The number of nitrogens with one attached hydrogen (secondary N) is 1. The van der Waals surface area contributed by atoms with Gasteiger partial charge in [-0.05, 0) is 38.5 Å². The van der Waals surface area contributed by atoms with Crippen molar-refractivity contribution >= 4 is 17.7 Å². The van der Waals surface area contributed by atoms with Crippen molar-refractivity contribution in [2.45, 2.75) is 26.4 Å². The maximum Gasteiger partial charge on any atom is 0.416 e. The third kappa shape index (κ3) is 4.15. The normalized spacial score (nSPS) is 20.4. The summed E-state index contributed by atoms with van der Waals surface area (Å²) in [6, 6.07) is 2.16. The maximum absolute atomic E-state index is 12.9. The molecular weight excluding hydrogens is 341 g/mol. The van der Waals surface area contributed by atoms with Gasteiger partial charge >= 0.3 is 18.2 Å². The number of amides is 2. The molecule has 1 fully saturated rings. The number of likely N-dealkylation sites (tertiary alicyclic amines) is 1. The lowest BCUT2D eigenvalue weighted by atomic mass is 9.90. The molecule has 138 valence electrons. The van der Waals surface area contributed by atoms with Gasteiger partial charge in [0, 0.05) is 13.1 Å². The minimum absolute atomic E-state index is 0.0168. The van der Waals surface area contributed by atoms with Gasteiger partial charge in [-0.1, -0.05) is 0 Å². The van der Waals surface area contributed by atoms with E-state index in [1.807, 2.05) is 0 Å². The Balaban J connectivity index is 2.20. The van der Waals surface area contributed by atoms with E-state index in [1.165, 1.54) is 11.8 Å². The Hall–Kier alpha value is -2.45. The highest BCUT2D eigenvalue weighted by Gasteiger charge is 2.42. The van der Waals surface area contributed by atoms with E-state index in [4.69, 9.17) is 4.74 Å². The van der Waals surface area contributed by atoms with Crippen molar-refractivity contribution < 1.29 is 32.6 Å². The van der Waals surface area contributed by atoms with Crippen molar-refractivity contribution in [1.82, 2.24) is 4.90 Å². The number of carboxylic acid groups (broad SMARTS) is 1. The molecule has 0 radical (unpaired) electrons. The fraction of sp³-hybridized carbons (Fsp3) is 0.500. The van der Waals surface area contributed by atoms with Gasteiger partial charge in [0.05, 0.1) is 23.3 Å². The molecule has 2 N–H and O–H groups in total. The van der Waals surface area contributed by atoms with Crippen LogP contribution in [0.2, 0.25) is 0 Å². The fourth-order valence-corrected chi connectivity index (χ4v) is 2.59. The zero-order valence-electron chi connectivity index (χ0n) is 13.8. The highest BCUT2D eigenvalue weighted by Crippen LogP contribution is 2.36. The van der Waals surface area contributed by atoms with Gasteiger partial charge in [-0.25, -0.2) is 4.79 Å². The second-order valence-corrected chi connectivity index (χ2v) is 6.11. The van der Waals surface area contributed by atoms with Gasteiger partial charge in [-0.3, -0.25) is 4.79 Å². The molecule has 1 aromatic rings. The minimum Gasteiger partial charge on any atom is -0.492 e. The molecule has 6 nitrogen and oxygen atoms in total. The molecular formula is C16H19F3N2O4. The first-order valence-electron chi connectivity index (χ1n) is 7.70. The number of hydrogen-bond donors (Lipinski definition) is 2. The van der Waals surface area contributed by atoms with Crippen molar-refractivity contribution in [3.63, 3.8) is 0 Å². The Morgan fingerprint density at radius 3 is 2.60 bits per heavy atom. The van der Waals surface area contributed by atoms with Crippen molar-refractivity contribution in [3.05, 3.63) is 23.8 Å². The van der Waals surface area contributed by atoms with Gasteiger partial charge in [0.15, 0.2) is 0 Å². The van der Waals surface area contributed by atoms with Gasteiger partial charge in [-0.2, -0.15) is 13.2 Å². The number of carboxylic acids is 1. The molecule has 9 heteroatoms. The Morgan fingerprint density at radius 2 is 2.08 bits per heavy atom. The number of nitrogens with zero attached hydrogens (tertiary/aromatic N) is 1. The average molecular weight is 360 g/mol. The molecule has 25 heavy (non-hydrogen) atoms. The van der Waals surface area contributed by atoms with Gasteiger partial charge in [0.25, 0.3) is 0 Å². The standard InChI is InChI=1S/C16H19F3N2O4/c1-3-25-12-5-4-10(16(17,18)19)8-11(12)20-14(24)21-7-6-15(2,9-21)13(22)23/h4-5,8H,3,6-7,9H2,1-2H3,(H,20,24)(H,22,23). The Labute approximate surface area is 142 Å². The summed E-state index contributed by atoms with van der Waals surface area (Å²) >= 11 is 0. The summed E-state index contributed by atoms with van der Waals surface area (Å²) in [7, 11) is 0. The van der Waals surface area contributed by atoms with Gasteiger partial charge in [0.1, 0.15) is 5.75 Å². The first-order chi connectivity index (χ1) is 11.6. The monoisotopic (exact) mass is 360 g/mol. The number of alkyl halides is 3. The third-order valence-electron chi connectivity index (χ3n) is 4.13. The average Bonchev–Trinajstić information content (AvgIpc) is 2.92. The first kappa shape index (κ1) is 18.9. The molecule has 1 atom stereocenters. The molecule has 0 spiro atoms. The van der Waals surface area contributed by atoms with Crippen LogP contribution < -0.4 is 10.1 Å². The summed E-state index contributed by atoms with van der Waals surface area (Å²) in [5, 5.41) is 11.6. The summed E-state index contributed by atoms with van der Waals surface area (Å²) in [4.78, 5) is 24.8. The smallest absolute Gasteiger partial charge is 0.416 e. The lowest BCUT2D eigenvalue weighted by molar-refractivity contribution is -0.147. The van der Waals surface area contributed by atoms with Crippen LogP contribution in [-0.4, -0.2) is 41.7 Å². The fourth-order valence-electron chi connectivity index (χ4n) is 2.59. The number of halogens is 3. The molecule has 2 amide bonds. The molecule has 1 aliphatic rings. The maximum atomic E-state index is 12.9. The molecule has 2 rings (SSSR count). The second kappa shape index (κ2) is 6.81. The van der Waals surface area contributed by atoms with Gasteiger partial charge in [-0.15, -0.1) is 0 Å². The van der Waals surface area contributed by atoms with Crippen molar-refractivity contribution in [2.24, 2.45) is 5.41 Å². The molecule has 0 aromatic heterocycles. The lowest BCUT2D eigenvalue weighted by Gasteiger charge is -2.21. The number of ether oxygens (including phenoxy) is 1. The predicted octanol–water partition coefficient (Wildman–Crippen LogP) is 3.43. The quantitative estimate of drug-likeness (QED) is 0.862. The number of anilines is 1. The summed E-state index contributed by atoms with van der Waals surface area (Å²) < 4.78 is 43.9. The van der Waals surface area contributed by atoms with E-state index in [2.05, 4.69) is 5.32 Å². The highest BCUT2D eigenvalue weighted by atomic mass is 19.4. The van der Waals surface area contributed by atoms with E-state index in [0.717, 1.165) is 18.2 Å². The number of aliphatic carboxylic acids is 1. The van der Waals surface area contributed by atoms with Gasteiger partial charge in [0.2, 0.25) is 0 Å². The largest absolute Gasteiger partial charge is 0.492 e. The number of hydrogen-bond acceptors (Lipinski definition) is 3. The van der Waals surface area contributed by atoms with E-state index >= 15 is 0 Å². The van der Waals surface area contributed by atoms with Crippen LogP contribution in [0.15, 0.2) is 18.2 Å². The van der Waals surface area contributed by atoms with E-state index < -0.39 is 29.2 Å². The lowest BCUT2D eigenvalue weighted by Crippen LogP contribution is -2.37. The van der Waals surface area contributed by atoms with E-state index in [9.17, 15) is 27.9 Å². The predicted molar refractivity (Wildman–Crippen MR) is 83.6 cm³/mol. The Kier molecular flexibility index (Phi) is 5.15.